The van der Waals surface area contributed by atoms with Gasteiger partial charge in [0.05, 0.1) is 43.3 Å². The summed E-state index contributed by atoms with van der Waals surface area (Å²) in [7, 11) is 4.88. The Balaban J connectivity index is 1.03. The van der Waals surface area contributed by atoms with Gasteiger partial charge in [-0.3, -0.25) is 28.8 Å². The molecular weight excluding hydrogens is 1360 g/mol. The molecule has 7 aromatic heterocycles. The van der Waals surface area contributed by atoms with Crippen LogP contribution in [0.1, 0.15) is 125 Å². The standard InChI is InChI=1S/C61H60N14O17S5/c1-22(48(62)78)63-49(79)32-19-96-57(69-32)43-36(77)12-27-41(71-43)31-17-94-55(66-31)30-16-90-59(84)42-28-15-88-45(46(60(85)89-14-26-10-9-11-29(64-42)38(26)28)92-37-13-61(5,86)47(75(6)7)25(4)91-37)44(58-70-33(20-97-58)50(80)65-30)74-52(82)35-21-95-56(68-35)40(24(3)87-8)73-53(83)39(23(2)76)72-51(81)34-18-93-54(27)67-34/h9-12,17-21,23,25,30,37,39,44-47,64,76-77,86H,1,13-16H2,2-8H3,(H2,62,78)(H,63,79)(H,65,80)(H,72,81)(H,73,83)(H,74,82)/b40-24+. The predicted molar refractivity (Wildman–Crippen MR) is 349 cm³/mol. The van der Waals surface area contributed by atoms with Crippen LogP contribution in [0.3, 0.4) is 0 Å². The zero-order valence-electron chi connectivity index (χ0n) is 52.2. The number of carbonyl (C=O) groups excluding carboxylic acids is 8. The topological polar surface area (TPSA) is 435 Å². The lowest BCUT2D eigenvalue weighted by Gasteiger charge is -2.48. The van der Waals surface area contributed by atoms with E-state index in [-0.39, 0.29) is 106 Å². The average molecular weight is 1420 g/mol. The van der Waals surface area contributed by atoms with Crippen LogP contribution in [0.4, 0.5) is 0 Å². The number of aromatic nitrogens is 7. The van der Waals surface area contributed by atoms with Gasteiger partial charge >= 0.3 is 11.9 Å². The Labute approximate surface area is 569 Å². The number of aromatic hydroxyl groups is 1. The zero-order valence-corrected chi connectivity index (χ0v) is 56.3. The first-order chi connectivity index (χ1) is 46.2. The van der Waals surface area contributed by atoms with Crippen LogP contribution in [0, 0.1) is 0 Å². The normalized spacial score (nSPS) is 24.1. The van der Waals surface area contributed by atoms with E-state index >= 15 is 9.59 Å². The summed E-state index contributed by atoms with van der Waals surface area (Å²) in [6.07, 6.45) is -7.30. The number of aliphatic hydroxyl groups is 2. The summed E-state index contributed by atoms with van der Waals surface area (Å²) in [6, 6.07) is 1.24. The molecule has 0 aliphatic carbocycles. The fourth-order valence-electron chi connectivity index (χ4n) is 11.6. The monoisotopic (exact) mass is 1420 g/mol. The van der Waals surface area contributed by atoms with E-state index in [0.717, 1.165) is 56.7 Å². The number of hydrogen-bond acceptors (Lipinski definition) is 29. The number of nitrogens with one attached hydrogen (secondary N) is 6. The number of nitrogens with two attached hydrogens (primary N) is 1. The number of benzene rings is 1. The summed E-state index contributed by atoms with van der Waals surface area (Å²) >= 11 is 4.59. The van der Waals surface area contributed by atoms with Gasteiger partial charge in [-0.05, 0) is 59.5 Å². The molecule has 1 fully saturated rings. The van der Waals surface area contributed by atoms with Crippen LogP contribution in [0.5, 0.6) is 5.75 Å². The van der Waals surface area contributed by atoms with Crippen molar-refractivity contribution in [3.05, 3.63) is 124 Å². The lowest BCUT2D eigenvalue weighted by Crippen LogP contribution is -2.62. The van der Waals surface area contributed by atoms with Gasteiger partial charge < -0.3 is 85.9 Å². The predicted octanol–water partition coefficient (Wildman–Crippen LogP) is 4.18. The molecule has 11 heterocycles. The molecule has 4 aliphatic heterocycles. The third kappa shape index (κ3) is 13.6. The summed E-state index contributed by atoms with van der Waals surface area (Å²) in [4.78, 5) is 147. The molecule has 97 heavy (non-hydrogen) atoms. The fraction of sp³-hybridized carbons (Fsp3) is 0.344. The van der Waals surface area contributed by atoms with Crippen molar-refractivity contribution >= 4 is 121 Å². The van der Waals surface area contributed by atoms with E-state index in [1.54, 1.807) is 56.4 Å². The number of nitrogens with zero attached hydrogens (tertiary/aromatic N) is 7. The number of rotatable bonds is 9. The SMILES string of the molecule is C=C(NC(=O)c1csc(-c2nc3c(cc2O)-c2nc(cs2)C(=O)NC(C(C)O)C(=O)N/C(=C(\C)OC)c2nc(cs2)C(=O)NC2c4nc(cs4)C(=O)NC(COC(=O)c4[nH]c5cccc6c5c4COC2C(OC2CC(C)(O)C(N(C)C)C(C)O2)C(=O)OC6)c2nc-3cs2)n1)C(N)=O. The van der Waals surface area contributed by atoms with Crippen LogP contribution >= 0.6 is 56.7 Å². The molecule has 36 heteroatoms. The molecule has 11 N–H and O–H groups in total. The molecule has 4 aliphatic rings. The first kappa shape index (κ1) is 67.6. The summed E-state index contributed by atoms with van der Waals surface area (Å²) < 4.78 is 37.8. The maximum Gasteiger partial charge on any atom is 0.355 e. The lowest BCUT2D eigenvalue weighted by molar-refractivity contribution is -0.280. The molecule has 10 atom stereocenters. The summed E-state index contributed by atoms with van der Waals surface area (Å²) in [5, 5.41) is 55.8. The second-order valence-electron chi connectivity index (χ2n) is 23.2. The summed E-state index contributed by atoms with van der Waals surface area (Å²) in [6.45, 7) is 8.10. The summed E-state index contributed by atoms with van der Waals surface area (Å²) in [5.74, 6) is -7.84. The van der Waals surface area contributed by atoms with E-state index in [9.17, 15) is 44.1 Å². The number of allylic oxidation sites excluding steroid dienone is 1. The number of hydrogen-bond donors (Lipinski definition) is 10. The van der Waals surface area contributed by atoms with Crippen molar-refractivity contribution in [2.45, 2.75) is 108 Å². The number of aromatic amines is 1. The van der Waals surface area contributed by atoms with Crippen LogP contribution in [0.2, 0.25) is 0 Å². The highest BCUT2D eigenvalue weighted by Crippen LogP contribution is 2.43. The van der Waals surface area contributed by atoms with E-state index in [2.05, 4.69) is 53.1 Å². The minimum absolute atomic E-state index is 0.00124. The van der Waals surface area contributed by atoms with Gasteiger partial charge in [0, 0.05) is 55.4 Å². The highest BCUT2D eigenvalue weighted by molar-refractivity contribution is 7.14. The minimum Gasteiger partial charge on any atom is -0.506 e. The van der Waals surface area contributed by atoms with Gasteiger partial charge in [0.15, 0.2) is 12.4 Å². The zero-order chi connectivity index (χ0) is 69.0. The van der Waals surface area contributed by atoms with Crippen molar-refractivity contribution in [1.29, 1.82) is 0 Å². The molecule has 0 spiro atoms. The number of likely N-dealkylation sites (N-methyl/N-ethyl adjacent to an activating group) is 1. The molecule has 506 valence electrons. The number of fused-ring (bicyclic) bond motifs is 15. The number of cyclic esters (lactones) is 2. The second kappa shape index (κ2) is 27.3. The number of methoxy groups -OCH3 is 1. The molecule has 1 saturated heterocycles. The highest BCUT2D eigenvalue weighted by Gasteiger charge is 2.50. The van der Waals surface area contributed by atoms with Gasteiger partial charge in [-0.1, -0.05) is 18.7 Å². The summed E-state index contributed by atoms with van der Waals surface area (Å²) in [5.41, 5.74) is 3.34. The number of pyridine rings is 1. The van der Waals surface area contributed by atoms with Crippen LogP contribution in [0.25, 0.3) is 49.3 Å². The lowest BCUT2D eigenvalue weighted by atomic mass is 9.85. The van der Waals surface area contributed by atoms with E-state index in [1.807, 2.05) is 0 Å². The maximum absolute atomic E-state index is 15.2. The van der Waals surface area contributed by atoms with Crippen molar-refractivity contribution < 1.29 is 82.1 Å². The number of esters is 2. The minimum atomic E-state index is -1.86. The molecule has 31 nitrogen and oxygen atoms in total. The van der Waals surface area contributed by atoms with Gasteiger partial charge in [0.2, 0.25) is 5.91 Å². The average Bonchev–Trinajstić information content (AvgIpc) is 1.76. The molecule has 1 aromatic carbocycles. The van der Waals surface area contributed by atoms with Crippen LogP contribution < -0.4 is 32.3 Å². The van der Waals surface area contributed by atoms with E-state index in [0.29, 0.717) is 16.5 Å². The van der Waals surface area contributed by atoms with E-state index in [1.165, 1.54) is 48.5 Å². The number of primary amides is 1. The fourth-order valence-corrected chi connectivity index (χ4v) is 15.8. The van der Waals surface area contributed by atoms with Gasteiger partial charge in [0.1, 0.15) is 125 Å². The number of thiazole rings is 5. The van der Waals surface area contributed by atoms with E-state index < -0.39 is 133 Å². The van der Waals surface area contributed by atoms with Crippen LogP contribution in [0.15, 0.2) is 69.2 Å². The van der Waals surface area contributed by atoms with Gasteiger partial charge in [-0.2, -0.15) is 0 Å². The van der Waals surface area contributed by atoms with Crippen molar-refractivity contribution in [3.63, 3.8) is 0 Å². The number of aliphatic hydroxyl groups excluding tert-OH is 1. The van der Waals surface area contributed by atoms with Crippen LogP contribution in [-0.2, 0) is 56.0 Å². The number of amides is 6. The Morgan fingerprint density at radius 3 is 2.24 bits per heavy atom. The van der Waals surface area contributed by atoms with Gasteiger partial charge in [-0.25, -0.2) is 39.5 Å². The third-order valence-electron chi connectivity index (χ3n) is 16.2. The molecule has 8 aromatic rings. The number of ether oxygens (including phenoxy) is 6. The first-order valence-electron chi connectivity index (χ1n) is 29.5. The van der Waals surface area contributed by atoms with Gasteiger partial charge in [0.25, 0.3) is 29.5 Å². The largest absolute Gasteiger partial charge is 0.506 e. The Morgan fingerprint density at radius 2 is 1.52 bits per heavy atom. The van der Waals surface area contributed by atoms with Crippen molar-refractivity contribution in [1.82, 2.24) is 66.4 Å². The maximum atomic E-state index is 15.2. The molecule has 0 radical (unpaired) electrons. The Bertz CT molecular complexity index is 4550. The van der Waals surface area contributed by atoms with Gasteiger partial charge in [-0.15, -0.1) is 56.7 Å². The van der Waals surface area contributed by atoms with Crippen molar-refractivity contribution in [2.24, 2.45) is 5.73 Å². The third-order valence-corrected chi connectivity index (χ3v) is 20.7. The Hall–Kier alpha value is -9.34. The molecule has 10 unspecified atom stereocenters. The number of H-pyrrole nitrogens is 1. The van der Waals surface area contributed by atoms with Crippen LogP contribution in [-0.4, -0.2) is 179 Å². The molecule has 0 saturated carbocycles. The Morgan fingerprint density at radius 1 is 0.845 bits per heavy atom. The Kier molecular flexibility index (Phi) is 19.0. The molecule has 6 amide bonds. The highest BCUT2D eigenvalue weighted by atomic mass is 32.1. The quantitative estimate of drug-likeness (QED) is 0.0550. The molecule has 12 rings (SSSR count). The molecular formula is C61H60N14O17S5. The first-order valence-corrected chi connectivity index (χ1v) is 33.9. The van der Waals surface area contributed by atoms with Crippen molar-refractivity contribution in [3.8, 4) is 38.4 Å². The van der Waals surface area contributed by atoms with Crippen molar-refractivity contribution in [2.75, 3.05) is 27.8 Å². The molecule has 12 bridgehead atoms. The smallest absolute Gasteiger partial charge is 0.355 e. The second-order valence-corrected chi connectivity index (χ2v) is 27.5. The number of carbonyl (C=O) groups is 8. The van der Waals surface area contributed by atoms with E-state index in [4.69, 9.17) is 49.1 Å².